The molecule has 2 amide bonds. The summed E-state index contributed by atoms with van der Waals surface area (Å²) < 4.78 is 0. The van der Waals surface area contributed by atoms with E-state index in [1.165, 1.54) is 31.5 Å². The lowest BCUT2D eigenvalue weighted by atomic mass is 10.2. The number of carbonyl (C=O) groups excluding carboxylic acids is 3. The van der Waals surface area contributed by atoms with Crippen molar-refractivity contribution in [3.63, 3.8) is 0 Å². The van der Waals surface area contributed by atoms with Gasteiger partial charge in [0.2, 0.25) is 0 Å². The second kappa shape index (κ2) is 8.56. The zero-order valence-corrected chi connectivity index (χ0v) is 15.3. The Morgan fingerprint density at radius 3 is 2.15 bits per heavy atom. The van der Waals surface area contributed by atoms with Gasteiger partial charge < -0.3 is 31.7 Å². The van der Waals surface area contributed by atoms with Crippen LogP contribution in [0, 0.1) is 0 Å². The van der Waals surface area contributed by atoms with Gasteiger partial charge in [0.1, 0.15) is 11.4 Å². The van der Waals surface area contributed by atoms with Crippen LogP contribution in [0.3, 0.4) is 0 Å². The fraction of sp³-hybridized carbons (Fsp3) is 0.167. The van der Waals surface area contributed by atoms with Crippen molar-refractivity contribution >= 4 is 29.0 Å². The highest BCUT2D eigenvalue weighted by atomic mass is 16.2. The third kappa shape index (κ3) is 5.11. The SMILES string of the molecule is CNc1c[nH]c(C(=O)Nc2c[nH]c(C(=O)NC(=C/N)/C=C(\C)C(C)=O)c2)c1. The third-order valence-corrected chi connectivity index (χ3v) is 3.77. The molecule has 0 bridgehead atoms. The molecule has 0 unspecified atom stereocenters. The van der Waals surface area contributed by atoms with Crippen molar-refractivity contribution in [1.29, 1.82) is 0 Å². The molecule has 0 aliphatic heterocycles. The van der Waals surface area contributed by atoms with Crippen LogP contribution in [0.5, 0.6) is 0 Å². The normalized spacial score (nSPS) is 11.8. The molecule has 2 aromatic heterocycles. The number of rotatable bonds is 7. The van der Waals surface area contributed by atoms with Crippen LogP contribution in [-0.2, 0) is 4.79 Å². The maximum Gasteiger partial charge on any atom is 0.272 e. The summed E-state index contributed by atoms with van der Waals surface area (Å²) >= 11 is 0. The van der Waals surface area contributed by atoms with Gasteiger partial charge in [0.25, 0.3) is 11.8 Å². The maximum absolute atomic E-state index is 12.3. The van der Waals surface area contributed by atoms with Crippen LogP contribution < -0.4 is 21.7 Å². The third-order valence-electron chi connectivity index (χ3n) is 3.77. The van der Waals surface area contributed by atoms with Gasteiger partial charge in [0.05, 0.1) is 17.1 Å². The first-order chi connectivity index (χ1) is 12.8. The van der Waals surface area contributed by atoms with Gasteiger partial charge in [-0.05, 0) is 37.6 Å². The summed E-state index contributed by atoms with van der Waals surface area (Å²) in [6.45, 7) is 3.05. The Labute approximate surface area is 156 Å². The Kier molecular flexibility index (Phi) is 6.21. The number of nitrogens with one attached hydrogen (secondary N) is 5. The number of Topliss-reactive ketones (excluding diaryl/α,β-unsaturated/α-hetero) is 1. The molecule has 142 valence electrons. The number of H-pyrrole nitrogens is 2. The first kappa shape index (κ1) is 19.6. The molecule has 2 aromatic rings. The van der Waals surface area contributed by atoms with E-state index < -0.39 is 5.91 Å². The average Bonchev–Trinajstić information content (AvgIpc) is 3.30. The molecule has 27 heavy (non-hydrogen) atoms. The minimum atomic E-state index is -0.461. The number of nitrogens with two attached hydrogens (primary N) is 1. The molecule has 9 heteroatoms. The molecule has 7 N–H and O–H groups in total. The van der Waals surface area contributed by atoms with Gasteiger partial charge in [0, 0.05) is 25.6 Å². The van der Waals surface area contributed by atoms with Crippen LogP contribution in [0.25, 0.3) is 0 Å². The van der Waals surface area contributed by atoms with Crippen LogP contribution in [0.2, 0.25) is 0 Å². The molecule has 0 aliphatic rings. The number of hydrogen-bond donors (Lipinski definition) is 6. The highest BCUT2D eigenvalue weighted by Gasteiger charge is 2.13. The molecule has 0 atom stereocenters. The second-order valence-corrected chi connectivity index (χ2v) is 5.77. The molecule has 0 fully saturated rings. The van der Waals surface area contributed by atoms with Crippen molar-refractivity contribution in [3.05, 3.63) is 59.5 Å². The van der Waals surface area contributed by atoms with Crippen molar-refractivity contribution in [2.24, 2.45) is 5.73 Å². The summed E-state index contributed by atoms with van der Waals surface area (Å²) in [7, 11) is 1.75. The Hall–Kier alpha value is -3.75. The lowest BCUT2D eigenvalue weighted by Crippen LogP contribution is -2.23. The van der Waals surface area contributed by atoms with E-state index in [1.54, 1.807) is 26.2 Å². The van der Waals surface area contributed by atoms with Crippen molar-refractivity contribution < 1.29 is 14.4 Å². The standard InChI is InChI=1S/C18H22N6O3/c1-10(11(2)25)4-12(7-19)23-17(26)16-6-14(9-22-16)24-18(27)15-5-13(20-3)8-21-15/h4-9,20-22H,19H2,1-3H3,(H,23,26)(H,24,27)/b10-4+,12-7+. The Morgan fingerprint density at radius 1 is 1.00 bits per heavy atom. The zero-order valence-electron chi connectivity index (χ0n) is 15.3. The number of allylic oxidation sites excluding steroid dienone is 2. The van der Waals surface area contributed by atoms with Crippen LogP contribution in [0.4, 0.5) is 11.4 Å². The monoisotopic (exact) mass is 370 g/mol. The first-order valence-electron chi connectivity index (χ1n) is 8.12. The van der Waals surface area contributed by atoms with Crippen LogP contribution in [0.1, 0.15) is 34.8 Å². The van der Waals surface area contributed by atoms with Crippen LogP contribution >= 0.6 is 0 Å². The molecular weight excluding hydrogens is 348 g/mol. The fourth-order valence-electron chi connectivity index (χ4n) is 2.12. The molecule has 0 saturated heterocycles. The summed E-state index contributed by atoms with van der Waals surface area (Å²) in [4.78, 5) is 41.4. The van der Waals surface area contributed by atoms with Gasteiger partial charge in [-0.25, -0.2) is 0 Å². The van der Waals surface area contributed by atoms with Gasteiger partial charge in [-0.1, -0.05) is 0 Å². The molecule has 0 saturated carbocycles. The Balaban J connectivity index is 2.03. The summed E-state index contributed by atoms with van der Waals surface area (Å²) in [5, 5.41) is 8.19. The van der Waals surface area contributed by atoms with E-state index >= 15 is 0 Å². The summed E-state index contributed by atoms with van der Waals surface area (Å²) in [6.07, 6.45) is 5.84. The summed E-state index contributed by atoms with van der Waals surface area (Å²) in [6, 6.07) is 3.16. The topological polar surface area (TPSA) is 145 Å². The smallest absolute Gasteiger partial charge is 0.272 e. The summed E-state index contributed by atoms with van der Waals surface area (Å²) in [5.41, 5.74) is 8.05. The highest BCUT2D eigenvalue weighted by Crippen LogP contribution is 2.14. The minimum Gasteiger partial charge on any atom is -0.403 e. The fourth-order valence-corrected chi connectivity index (χ4v) is 2.12. The number of anilines is 2. The van der Waals surface area contributed by atoms with E-state index in [2.05, 4.69) is 25.9 Å². The van der Waals surface area contributed by atoms with E-state index in [0.717, 1.165) is 5.69 Å². The molecule has 2 heterocycles. The van der Waals surface area contributed by atoms with E-state index in [0.29, 0.717) is 22.7 Å². The van der Waals surface area contributed by atoms with E-state index in [-0.39, 0.29) is 17.4 Å². The Morgan fingerprint density at radius 2 is 1.59 bits per heavy atom. The number of hydrogen-bond acceptors (Lipinski definition) is 5. The molecule has 0 spiro atoms. The first-order valence-corrected chi connectivity index (χ1v) is 8.12. The van der Waals surface area contributed by atoms with E-state index in [4.69, 9.17) is 5.73 Å². The predicted molar refractivity (Wildman–Crippen MR) is 103 cm³/mol. The lowest BCUT2D eigenvalue weighted by molar-refractivity contribution is -0.113. The van der Waals surface area contributed by atoms with Crippen LogP contribution in [-0.4, -0.2) is 34.6 Å². The maximum atomic E-state index is 12.3. The molecule has 9 nitrogen and oxygen atoms in total. The van der Waals surface area contributed by atoms with Gasteiger partial charge in [-0.2, -0.15) is 0 Å². The largest absolute Gasteiger partial charge is 0.403 e. The lowest BCUT2D eigenvalue weighted by Gasteiger charge is -2.05. The number of aromatic amines is 2. The van der Waals surface area contributed by atoms with Crippen molar-refractivity contribution in [2.75, 3.05) is 17.7 Å². The highest BCUT2D eigenvalue weighted by molar-refractivity contribution is 6.04. The van der Waals surface area contributed by atoms with Gasteiger partial charge in [-0.3, -0.25) is 14.4 Å². The summed E-state index contributed by atoms with van der Waals surface area (Å²) in [5.74, 6) is -0.929. The molecule has 2 rings (SSSR count). The molecule has 0 radical (unpaired) electrons. The minimum absolute atomic E-state index is 0.126. The average molecular weight is 370 g/mol. The molecule has 0 aliphatic carbocycles. The number of aromatic nitrogens is 2. The Bertz CT molecular complexity index is 919. The van der Waals surface area contributed by atoms with Gasteiger partial charge in [0.15, 0.2) is 5.78 Å². The second-order valence-electron chi connectivity index (χ2n) is 5.77. The van der Waals surface area contributed by atoms with Crippen molar-refractivity contribution in [3.8, 4) is 0 Å². The van der Waals surface area contributed by atoms with Gasteiger partial charge >= 0.3 is 0 Å². The van der Waals surface area contributed by atoms with Crippen LogP contribution in [0.15, 0.2) is 48.1 Å². The predicted octanol–water partition coefficient (Wildman–Crippen LogP) is 1.70. The van der Waals surface area contributed by atoms with Crippen molar-refractivity contribution in [1.82, 2.24) is 15.3 Å². The zero-order chi connectivity index (χ0) is 20.0. The molecule has 0 aromatic carbocycles. The number of amides is 2. The van der Waals surface area contributed by atoms with E-state index in [1.807, 2.05) is 0 Å². The van der Waals surface area contributed by atoms with Gasteiger partial charge in [-0.15, -0.1) is 0 Å². The number of carbonyl (C=O) groups is 3. The quantitative estimate of drug-likeness (QED) is 0.324. The molecular formula is C18H22N6O3. The van der Waals surface area contributed by atoms with E-state index in [9.17, 15) is 14.4 Å². The number of ketones is 1. The van der Waals surface area contributed by atoms with Crippen molar-refractivity contribution in [2.45, 2.75) is 13.8 Å².